The van der Waals surface area contributed by atoms with Crippen molar-refractivity contribution < 1.29 is 0 Å². The van der Waals surface area contributed by atoms with Crippen molar-refractivity contribution in [2.24, 2.45) is 0 Å². The van der Waals surface area contributed by atoms with Gasteiger partial charge in [0.15, 0.2) is 0 Å². The van der Waals surface area contributed by atoms with Gasteiger partial charge in [0.25, 0.3) is 0 Å². The van der Waals surface area contributed by atoms with E-state index in [1.54, 1.807) is 11.3 Å². The second-order valence-electron chi connectivity index (χ2n) is 4.83. The molecule has 0 amide bonds. The van der Waals surface area contributed by atoms with E-state index in [0.717, 1.165) is 33.9 Å². The molecule has 0 radical (unpaired) electrons. The van der Waals surface area contributed by atoms with Gasteiger partial charge in [-0.15, -0.1) is 23.1 Å². The van der Waals surface area contributed by atoms with Crippen LogP contribution in [0.5, 0.6) is 0 Å². The van der Waals surface area contributed by atoms with E-state index in [4.69, 9.17) is 11.6 Å². The Kier molecular flexibility index (Phi) is 7.61. The van der Waals surface area contributed by atoms with Crippen LogP contribution in [0.3, 0.4) is 0 Å². The van der Waals surface area contributed by atoms with Gasteiger partial charge in [-0.25, -0.2) is 0 Å². The Hall–Kier alpha value is -0.0000000000000000278. The molecule has 0 saturated carbocycles. The maximum absolute atomic E-state index is 6.02. The van der Waals surface area contributed by atoms with Crippen molar-refractivity contribution in [2.45, 2.75) is 30.7 Å². The lowest BCUT2D eigenvalue weighted by atomic mass is 10.2. The summed E-state index contributed by atoms with van der Waals surface area (Å²) in [6, 6.07) is 13.1. The maximum atomic E-state index is 6.02. The second kappa shape index (κ2) is 9.21. The smallest absolute Gasteiger partial charge is 0.0931 e. The van der Waals surface area contributed by atoms with Gasteiger partial charge < -0.3 is 5.32 Å². The fourth-order valence-electron chi connectivity index (χ4n) is 1.97. The molecule has 0 saturated heterocycles. The zero-order chi connectivity index (χ0) is 15.1. The van der Waals surface area contributed by atoms with Crippen molar-refractivity contribution in [1.82, 2.24) is 5.32 Å². The number of hydrogen-bond donors (Lipinski definition) is 1. The molecule has 1 aromatic heterocycles. The van der Waals surface area contributed by atoms with E-state index in [1.807, 2.05) is 17.8 Å². The summed E-state index contributed by atoms with van der Waals surface area (Å²) in [6.07, 6.45) is 2.20. The molecule has 1 nitrogen and oxygen atoms in total. The van der Waals surface area contributed by atoms with E-state index in [2.05, 4.69) is 58.5 Å². The first-order valence-corrected chi connectivity index (χ1v) is 10.0. The molecule has 1 unspecified atom stereocenters. The Balaban J connectivity index is 1.90. The van der Waals surface area contributed by atoms with Gasteiger partial charge in [0.05, 0.1) is 4.34 Å². The molecule has 21 heavy (non-hydrogen) atoms. The summed E-state index contributed by atoms with van der Waals surface area (Å²) in [5, 5.41) is 3.64. The van der Waals surface area contributed by atoms with E-state index < -0.39 is 0 Å². The average Bonchev–Trinajstić information content (AvgIpc) is 2.89. The molecule has 0 aliphatic heterocycles. The second-order valence-corrected chi connectivity index (χ2v) is 8.63. The van der Waals surface area contributed by atoms with Crippen LogP contribution in [0.4, 0.5) is 0 Å². The van der Waals surface area contributed by atoms with Crippen molar-refractivity contribution >= 4 is 50.6 Å². The van der Waals surface area contributed by atoms with Gasteiger partial charge >= 0.3 is 0 Å². The lowest BCUT2D eigenvalue weighted by Gasteiger charge is -2.17. The third kappa shape index (κ3) is 6.33. The highest BCUT2D eigenvalue weighted by Gasteiger charge is 2.11. The quantitative estimate of drug-likeness (QED) is 0.552. The predicted octanol–water partition coefficient (Wildman–Crippen LogP) is 5.87. The third-order valence-corrected chi connectivity index (χ3v) is 5.98. The number of nitrogens with one attached hydrogen (secondary N) is 1. The fraction of sp³-hybridized carbons (Fsp3) is 0.375. The maximum Gasteiger partial charge on any atom is 0.0931 e. The molecular formula is C16H19BrClNS2. The normalized spacial score (nSPS) is 12.5. The zero-order valence-corrected chi connectivity index (χ0v) is 15.9. The van der Waals surface area contributed by atoms with Gasteiger partial charge in [-0.05, 0) is 55.8 Å². The van der Waals surface area contributed by atoms with Gasteiger partial charge in [-0.1, -0.05) is 34.5 Å². The lowest BCUT2D eigenvalue weighted by molar-refractivity contribution is 0.553. The molecule has 1 N–H and O–H groups in total. The van der Waals surface area contributed by atoms with Gasteiger partial charge in [-0.2, -0.15) is 0 Å². The summed E-state index contributed by atoms with van der Waals surface area (Å²) in [7, 11) is 0. The van der Waals surface area contributed by atoms with Crippen LogP contribution in [0, 0.1) is 0 Å². The van der Waals surface area contributed by atoms with Crippen LogP contribution in [0.1, 0.15) is 18.2 Å². The van der Waals surface area contributed by atoms with Gasteiger partial charge in [0.2, 0.25) is 0 Å². The lowest BCUT2D eigenvalue weighted by Crippen LogP contribution is -2.33. The molecule has 1 atom stereocenters. The summed E-state index contributed by atoms with van der Waals surface area (Å²) in [4.78, 5) is 2.66. The summed E-state index contributed by atoms with van der Waals surface area (Å²) >= 11 is 13.1. The molecule has 5 heteroatoms. The predicted molar refractivity (Wildman–Crippen MR) is 100.0 cm³/mol. The highest BCUT2D eigenvalue weighted by molar-refractivity contribution is 9.10. The van der Waals surface area contributed by atoms with Crippen molar-refractivity contribution in [1.29, 1.82) is 0 Å². The van der Waals surface area contributed by atoms with Gasteiger partial charge in [-0.3, -0.25) is 0 Å². The van der Waals surface area contributed by atoms with E-state index >= 15 is 0 Å². The van der Waals surface area contributed by atoms with Crippen LogP contribution >= 0.6 is 50.6 Å². The summed E-state index contributed by atoms with van der Waals surface area (Å²) in [6.45, 7) is 3.26. The Morgan fingerprint density at radius 2 is 2.00 bits per heavy atom. The molecule has 1 heterocycles. The number of thiophene rings is 1. The summed E-state index contributed by atoms with van der Waals surface area (Å²) in [5.41, 5.74) is 0. The molecule has 0 aliphatic rings. The van der Waals surface area contributed by atoms with Crippen LogP contribution < -0.4 is 5.32 Å². The number of benzene rings is 1. The van der Waals surface area contributed by atoms with Crippen LogP contribution in [0.2, 0.25) is 4.34 Å². The molecule has 114 valence electrons. The minimum absolute atomic E-state index is 0.480. The van der Waals surface area contributed by atoms with Crippen LogP contribution in [0.25, 0.3) is 0 Å². The summed E-state index contributed by atoms with van der Waals surface area (Å²) in [5.74, 6) is 1.07. The highest BCUT2D eigenvalue weighted by Crippen LogP contribution is 2.25. The first-order chi connectivity index (χ1) is 10.2. The summed E-state index contributed by atoms with van der Waals surface area (Å²) < 4.78 is 2.00. The Bertz CT molecular complexity index is 541. The van der Waals surface area contributed by atoms with Gasteiger partial charge in [0.1, 0.15) is 0 Å². The minimum Gasteiger partial charge on any atom is -0.313 e. The molecular weight excluding hydrogens is 386 g/mol. The van der Waals surface area contributed by atoms with Crippen molar-refractivity contribution in [3.8, 4) is 0 Å². The molecule has 0 bridgehead atoms. The Morgan fingerprint density at radius 1 is 1.24 bits per heavy atom. The van der Waals surface area contributed by atoms with Gasteiger partial charge in [0, 0.05) is 26.0 Å². The number of rotatable bonds is 8. The molecule has 2 rings (SSSR count). The van der Waals surface area contributed by atoms with Crippen LogP contribution in [-0.4, -0.2) is 18.3 Å². The molecule has 0 spiro atoms. The molecule has 2 aromatic rings. The number of thioether (sulfide) groups is 1. The molecule has 0 aliphatic carbocycles. The minimum atomic E-state index is 0.480. The number of hydrogen-bond acceptors (Lipinski definition) is 3. The first-order valence-electron chi connectivity index (χ1n) is 7.03. The van der Waals surface area contributed by atoms with E-state index in [1.165, 1.54) is 9.77 Å². The average molecular weight is 405 g/mol. The van der Waals surface area contributed by atoms with Crippen molar-refractivity contribution in [3.63, 3.8) is 0 Å². The fourth-order valence-corrected chi connectivity index (χ4v) is 4.36. The Morgan fingerprint density at radius 3 is 2.62 bits per heavy atom. The van der Waals surface area contributed by atoms with Crippen LogP contribution in [-0.2, 0) is 6.42 Å². The SMILES string of the molecule is CCCNC(CSc1ccc(Br)cc1)Cc1ccc(Cl)s1. The molecule has 1 aromatic carbocycles. The first kappa shape index (κ1) is 17.4. The number of halogens is 2. The Labute approximate surface area is 148 Å². The third-order valence-electron chi connectivity index (χ3n) is 3.02. The monoisotopic (exact) mass is 403 g/mol. The van der Waals surface area contributed by atoms with Crippen LogP contribution in [0.15, 0.2) is 45.8 Å². The van der Waals surface area contributed by atoms with Crippen molar-refractivity contribution in [3.05, 3.63) is 50.1 Å². The largest absolute Gasteiger partial charge is 0.313 e. The molecule has 0 fully saturated rings. The standard InChI is InChI=1S/C16H19BrClNS2/c1-2-9-19-13(10-15-7-8-16(18)21-15)11-20-14-5-3-12(17)4-6-14/h3-8,13,19H,2,9-11H2,1H3. The van der Waals surface area contributed by atoms with E-state index in [-0.39, 0.29) is 0 Å². The van der Waals surface area contributed by atoms with E-state index in [9.17, 15) is 0 Å². The topological polar surface area (TPSA) is 12.0 Å². The highest BCUT2D eigenvalue weighted by atomic mass is 79.9. The zero-order valence-electron chi connectivity index (χ0n) is 11.9. The van der Waals surface area contributed by atoms with Crippen molar-refractivity contribution in [2.75, 3.05) is 12.3 Å². The van der Waals surface area contributed by atoms with E-state index in [0.29, 0.717) is 6.04 Å².